The van der Waals surface area contributed by atoms with E-state index in [1.54, 1.807) is 28.8 Å². The largest absolute Gasteiger partial charge is 0.308 e. The number of halogens is 1. The summed E-state index contributed by atoms with van der Waals surface area (Å²) in [7, 11) is -3.63. The van der Waals surface area contributed by atoms with Crippen LogP contribution >= 0.6 is 22.9 Å². The third kappa shape index (κ3) is 5.43. The van der Waals surface area contributed by atoms with Gasteiger partial charge in [-0.05, 0) is 68.1 Å². The lowest BCUT2D eigenvalue weighted by Crippen LogP contribution is -2.36. The molecule has 1 aliphatic heterocycles. The number of hydrogen-bond donors (Lipinski definition) is 1. The van der Waals surface area contributed by atoms with Crippen LogP contribution in [0.3, 0.4) is 0 Å². The summed E-state index contributed by atoms with van der Waals surface area (Å²) in [6.07, 6.45) is 3.26. The average molecular weight is 494 g/mol. The minimum Gasteiger partial charge on any atom is -0.303 e. The number of benzene rings is 2. The van der Waals surface area contributed by atoms with E-state index < -0.39 is 10.0 Å². The standard InChI is InChI=1S/C23H28ClN3O3S2/c1-17-6-4-12-26(15-17)13-5-11-25-32(29,30)19-9-10-21-22(14-19)31-23(28)27(21)16-18-7-2-3-8-20(18)24/h2-3,7-10,14,17,25H,4-6,11-13,15-16H2,1H3/t17-/m1/s1. The Morgan fingerprint density at radius 3 is 2.81 bits per heavy atom. The zero-order valence-electron chi connectivity index (χ0n) is 18.1. The predicted molar refractivity (Wildman–Crippen MR) is 131 cm³/mol. The average Bonchev–Trinajstić information content (AvgIpc) is 3.07. The minimum absolute atomic E-state index is 0.141. The molecule has 1 fully saturated rings. The number of piperidine rings is 1. The number of likely N-dealkylation sites (tertiary alicyclic amines) is 1. The Morgan fingerprint density at radius 1 is 1.22 bits per heavy atom. The van der Waals surface area contributed by atoms with Gasteiger partial charge in [0.15, 0.2) is 0 Å². The highest BCUT2D eigenvalue weighted by molar-refractivity contribution is 7.89. The van der Waals surface area contributed by atoms with Crippen molar-refractivity contribution >= 4 is 43.2 Å². The molecule has 4 rings (SSSR count). The highest BCUT2D eigenvalue weighted by Crippen LogP contribution is 2.24. The third-order valence-corrected chi connectivity index (χ3v) is 8.69. The first kappa shape index (κ1) is 23.4. The molecular formula is C23H28ClN3O3S2. The number of thiazole rings is 1. The topological polar surface area (TPSA) is 71.4 Å². The summed E-state index contributed by atoms with van der Waals surface area (Å²) in [5.41, 5.74) is 1.55. The Kier molecular flexibility index (Phi) is 7.37. The van der Waals surface area contributed by atoms with Gasteiger partial charge in [0.1, 0.15) is 0 Å². The van der Waals surface area contributed by atoms with Gasteiger partial charge in [-0.1, -0.05) is 48.1 Å². The molecule has 6 nitrogen and oxygen atoms in total. The zero-order chi connectivity index (χ0) is 22.7. The van der Waals surface area contributed by atoms with E-state index in [1.807, 2.05) is 18.2 Å². The summed E-state index contributed by atoms with van der Waals surface area (Å²) >= 11 is 7.29. The second-order valence-corrected chi connectivity index (χ2v) is 11.6. The van der Waals surface area contributed by atoms with Gasteiger partial charge in [0.2, 0.25) is 10.0 Å². The molecule has 172 valence electrons. The fourth-order valence-corrected chi connectivity index (χ4v) is 6.54. The van der Waals surface area contributed by atoms with Crippen LogP contribution in [0, 0.1) is 5.92 Å². The van der Waals surface area contributed by atoms with Crippen LogP contribution in [0.1, 0.15) is 31.7 Å². The quantitative estimate of drug-likeness (QED) is 0.478. The fourth-order valence-electron chi connectivity index (χ4n) is 4.24. The number of aromatic nitrogens is 1. The van der Waals surface area contributed by atoms with Crippen molar-refractivity contribution in [2.45, 2.75) is 37.6 Å². The minimum atomic E-state index is -3.63. The molecule has 32 heavy (non-hydrogen) atoms. The fraction of sp³-hybridized carbons (Fsp3) is 0.435. The molecule has 0 saturated carbocycles. The summed E-state index contributed by atoms with van der Waals surface area (Å²) in [6, 6.07) is 12.2. The van der Waals surface area contributed by atoms with Crippen LogP contribution in [0.2, 0.25) is 5.02 Å². The SMILES string of the molecule is C[C@@H]1CCCN(CCCNS(=O)(=O)c2ccc3c(c2)sc(=O)n3Cc2ccccc2Cl)C1. The monoisotopic (exact) mass is 493 g/mol. The summed E-state index contributed by atoms with van der Waals surface area (Å²) in [5.74, 6) is 0.713. The van der Waals surface area contributed by atoms with E-state index in [0.717, 1.165) is 43.0 Å². The molecular weight excluding hydrogens is 466 g/mol. The van der Waals surface area contributed by atoms with E-state index in [4.69, 9.17) is 11.6 Å². The van der Waals surface area contributed by atoms with Gasteiger partial charge in [-0.15, -0.1) is 0 Å². The number of nitrogens with one attached hydrogen (secondary N) is 1. The zero-order valence-corrected chi connectivity index (χ0v) is 20.5. The maximum absolute atomic E-state index is 12.8. The Balaban J connectivity index is 1.43. The van der Waals surface area contributed by atoms with E-state index in [0.29, 0.717) is 34.2 Å². The molecule has 2 heterocycles. The van der Waals surface area contributed by atoms with Gasteiger partial charge >= 0.3 is 4.87 Å². The maximum Gasteiger partial charge on any atom is 0.308 e. The molecule has 2 aromatic carbocycles. The lowest BCUT2D eigenvalue weighted by molar-refractivity contribution is 0.182. The molecule has 0 radical (unpaired) electrons. The number of rotatable bonds is 8. The molecule has 1 atom stereocenters. The van der Waals surface area contributed by atoms with Gasteiger partial charge in [-0.25, -0.2) is 13.1 Å². The van der Waals surface area contributed by atoms with Gasteiger partial charge in [0.05, 0.1) is 21.7 Å². The summed E-state index contributed by atoms with van der Waals surface area (Å²) in [5, 5.41) is 0.598. The van der Waals surface area contributed by atoms with Crippen molar-refractivity contribution in [2.75, 3.05) is 26.2 Å². The molecule has 0 bridgehead atoms. The highest BCUT2D eigenvalue weighted by atomic mass is 35.5. The van der Waals surface area contributed by atoms with Crippen molar-refractivity contribution in [1.82, 2.24) is 14.2 Å². The first-order valence-electron chi connectivity index (χ1n) is 10.9. The molecule has 0 aliphatic carbocycles. The molecule has 1 saturated heterocycles. The van der Waals surface area contributed by atoms with E-state index >= 15 is 0 Å². The van der Waals surface area contributed by atoms with E-state index in [2.05, 4.69) is 16.5 Å². The number of hydrogen-bond acceptors (Lipinski definition) is 5. The van der Waals surface area contributed by atoms with Crippen molar-refractivity contribution < 1.29 is 8.42 Å². The van der Waals surface area contributed by atoms with Crippen LogP contribution in [0.4, 0.5) is 0 Å². The molecule has 1 aliphatic rings. The van der Waals surface area contributed by atoms with Crippen molar-refractivity contribution in [3.05, 3.63) is 62.7 Å². The Morgan fingerprint density at radius 2 is 2.03 bits per heavy atom. The van der Waals surface area contributed by atoms with Crippen LogP contribution in [0.5, 0.6) is 0 Å². The van der Waals surface area contributed by atoms with Crippen LogP contribution < -0.4 is 9.60 Å². The van der Waals surface area contributed by atoms with Crippen LogP contribution in [-0.4, -0.2) is 44.1 Å². The summed E-state index contributed by atoms with van der Waals surface area (Å²) in [6.45, 7) is 6.10. The Hall–Kier alpha value is -1.71. The molecule has 0 unspecified atom stereocenters. The second kappa shape index (κ2) is 10.1. The van der Waals surface area contributed by atoms with Crippen molar-refractivity contribution in [1.29, 1.82) is 0 Å². The van der Waals surface area contributed by atoms with Crippen LogP contribution in [-0.2, 0) is 16.6 Å². The van der Waals surface area contributed by atoms with Crippen LogP contribution in [0.15, 0.2) is 52.2 Å². The molecule has 1 aromatic heterocycles. The number of sulfonamides is 1. The molecule has 9 heteroatoms. The van der Waals surface area contributed by atoms with Gasteiger partial charge in [-0.3, -0.25) is 9.36 Å². The first-order chi connectivity index (χ1) is 15.3. The second-order valence-electron chi connectivity index (χ2n) is 8.47. The first-order valence-corrected chi connectivity index (χ1v) is 13.6. The normalized spacial score (nSPS) is 17.8. The van der Waals surface area contributed by atoms with Gasteiger partial charge in [0, 0.05) is 18.1 Å². The lowest BCUT2D eigenvalue weighted by atomic mass is 10.0. The predicted octanol–water partition coefficient (Wildman–Crippen LogP) is 4.17. The maximum atomic E-state index is 12.8. The molecule has 0 amide bonds. The number of nitrogens with zero attached hydrogens (tertiary/aromatic N) is 2. The lowest BCUT2D eigenvalue weighted by Gasteiger charge is -2.30. The Labute approximate surface area is 197 Å². The smallest absolute Gasteiger partial charge is 0.303 e. The highest BCUT2D eigenvalue weighted by Gasteiger charge is 2.18. The van der Waals surface area contributed by atoms with E-state index in [1.165, 1.54) is 12.8 Å². The summed E-state index contributed by atoms with van der Waals surface area (Å²) in [4.78, 5) is 15.0. The van der Waals surface area contributed by atoms with Crippen molar-refractivity contribution in [3.8, 4) is 0 Å². The molecule has 0 spiro atoms. The van der Waals surface area contributed by atoms with Gasteiger partial charge < -0.3 is 4.90 Å². The van der Waals surface area contributed by atoms with Crippen LogP contribution in [0.25, 0.3) is 10.2 Å². The summed E-state index contributed by atoms with van der Waals surface area (Å²) < 4.78 is 30.6. The number of fused-ring (bicyclic) bond motifs is 1. The Bertz CT molecular complexity index is 1250. The molecule has 1 N–H and O–H groups in total. The molecule has 3 aromatic rings. The van der Waals surface area contributed by atoms with E-state index in [-0.39, 0.29) is 9.77 Å². The van der Waals surface area contributed by atoms with Gasteiger partial charge in [0.25, 0.3) is 0 Å². The van der Waals surface area contributed by atoms with Gasteiger partial charge in [-0.2, -0.15) is 0 Å². The van der Waals surface area contributed by atoms with Crippen molar-refractivity contribution in [3.63, 3.8) is 0 Å². The third-order valence-electron chi connectivity index (χ3n) is 5.92. The van der Waals surface area contributed by atoms with E-state index in [9.17, 15) is 13.2 Å². The van der Waals surface area contributed by atoms with Crippen molar-refractivity contribution in [2.24, 2.45) is 5.92 Å².